The van der Waals surface area contributed by atoms with Crippen LogP contribution >= 0.6 is 0 Å². The standard InChI is InChI=1S/C12H22N2/c1-12(5-6-12)9-13-10-4-7-14(8-10)11-2-3-11/h10-11,13H,2-9H2,1H3. The van der Waals surface area contributed by atoms with E-state index in [2.05, 4.69) is 17.1 Å². The van der Waals surface area contributed by atoms with Crippen LogP contribution in [0.3, 0.4) is 0 Å². The molecular weight excluding hydrogens is 172 g/mol. The molecule has 14 heavy (non-hydrogen) atoms. The number of nitrogens with zero attached hydrogens (tertiary/aromatic N) is 1. The average Bonchev–Trinajstić information content (AvgIpc) is 3.08. The molecule has 1 atom stereocenters. The van der Waals surface area contributed by atoms with E-state index in [1.807, 2.05) is 0 Å². The molecule has 3 rings (SSSR count). The van der Waals surface area contributed by atoms with E-state index in [0.717, 1.165) is 12.1 Å². The van der Waals surface area contributed by atoms with Gasteiger partial charge in [0.05, 0.1) is 0 Å². The summed E-state index contributed by atoms with van der Waals surface area (Å²) in [7, 11) is 0. The van der Waals surface area contributed by atoms with Crippen LogP contribution in [-0.2, 0) is 0 Å². The Morgan fingerprint density at radius 1 is 1.29 bits per heavy atom. The van der Waals surface area contributed by atoms with Gasteiger partial charge < -0.3 is 5.32 Å². The minimum Gasteiger partial charge on any atom is -0.312 e. The highest BCUT2D eigenvalue weighted by atomic mass is 15.2. The molecule has 2 heteroatoms. The van der Waals surface area contributed by atoms with Crippen molar-refractivity contribution in [3.05, 3.63) is 0 Å². The lowest BCUT2D eigenvalue weighted by atomic mass is 10.1. The van der Waals surface area contributed by atoms with E-state index in [4.69, 9.17) is 0 Å². The molecule has 0 aromatic heterocycles. The highest BCUT2D eigenvalue weighted by Crippen LogP contribution is 2.44. The topological polar surface area (TPSA) is 15.3 Å². The van der Waals surface area contributed by atoms with Crippen molar-refractivity contribution in [3.63, 3.8) is 0 Å². The summed E-state index contributed by atoms with van der Waals surface area (Å²) in [4.78, 5) is 2.69. The van der Waals surface area contributed by atoms with Crippen molar-refractivity contribution in [1.29, 1.82) is 0 Å². The van der Waals surface area contributed by atoms with E-state index in [1.54, 1.807) is 0 Å². The summed E-state index contributed by atoms with van der Waals surface area (Å²) in [5.41, 5.74) is 0.674. The van der Waals surface area contributed by atoms with E-state index in [1.165, 1.54) is 51.7 Å². The Kier molecular flexibility index (Phi) is 2.10. The van der Waals surface area contributed by atoms with Gasteiger partial charge in [-0.2, -0.15) is 0 Å². The average molecular weight is 194 g/mol. The van der Waals surface area contributed by atoms with Crippen molar-refractivity contribution in [2.75, 3.05) is 19.6 Å². The predicted octanol–water partition coefficient (Wildman–Crippen LogP) is 1.61. The van der Waals surface area contributed by atoms with Crippen molar-refractivity contribution in [3.8, 4) is 0 Å². The zero-order chi connectivity index (χ0) is 9.60. The molecule has 2 aliphatic carbocycles. The molecular formula is C12H22N2. The predicted molar refractivity (Wildman–Crippen MR) is 58.3 cm³/mol. The number of rotatable bonds is 4. The van der Waals surface area contributed by atoms with Crippen LogP contribution in [0.15, 0.2) is 0 Å². The molecule has 1 aliphatic heterocycles. The molecule has 1 N–H and O–H groups in total. The summed E-state index contributed by atoms with van der Waals surface area (Å²) in [6.45, 7) is 6.34. The second-order valence-electron chi connectivity index (χ2n) is 5.90. The van der Waals surface area contributed by atoms with E-state index in [-0.39, 0.29) is 0 Å². The maximum atomic E-state index is 3.76. The molecule has 1 heterocycles. The Labute approximate surface area is 87.0 Å². The first-order valence-corrected chi connectivity index (χ1v) is 6.23. The zero-order valence-electron chi connectivity index (χ0n) is 9.26. The van der Waals surface area contributed by atoms with Gasteiger partial charge in [0, 0.05) is 31.7 Å². The monoisotopic (exact) mass is 194 g/mol. The Morgan fingerprint density at radius 3 is 2.71 bits per heavy atom. The third-order valence-corrected chi connectivity index (χ3v) is 4.20. The van der Waals surface area contributed by atoms with Crippen LogP contribution in [0.1, 0.15) is 39.0 Å². The van der Waals surface area contributed by atoms with Crippen LogP contribution in [0.25, 0.3) is 0 Å². The van der Waals surface area contributed by atoms with Gasteiger partial charge in [0.1, 0.15) is 0 Å². The summed E-state index contributed by atoms with van der Waals surface area (Å²) >= 11 is 0. The maximum Gasteiger partial charge on any atom is 0.0207 e. The fraction of sp³-hybridized carbons (Fsp3) is 1.00. The Morgan fingerprint density at radius 2 is 2.07 bits per heavy atom. The zero-order valence-corrected chi connectivity index (χ0v) is 9.26. The molecule has 3 aliphatic rings. The number of likely N-dealkylation sites (tertiary alicyclic amines) is 1. The van der Waals surface area contributed by atoms with Gasteiger partial charge in [-0.25, -0.2) is 0 Å². The summed E-state index contributed by atoms with van der Waals surface area (Å²) in [5.74, 6) is 0. The first-order valence-electron chi connectivity index (χ1n) is 6.23. The fourth-order valence-electron chi connectivity index (χ4n) is 2.51. The Hall–Kier alpha value is -0.0800. The summed E-state index contributed by atoms with van der Waals surface area (Å²) in [6.07, 6.45) is 7.19. The maximum absolute atomic E-state index is 3.76. The summed E-state index contributed by atoms with van der Waals surface area (Å²) in [6, 6.07) is 1.77. The Bertz CT molecular complexity index is 218. The van der Waals surface area contributed by atoms with Crippen LogP contribution in [-0.4, -0.2) is 36.6 Å². The quantitative estimate of drug-likeness (QED) is 0.731. The number of nitrogens with one attached hydrogen (secondary N) is 1. The van der Waals surface area contributed by atoms with E-state index >= 15 is 0 Å². The Balaban J connectivity index is 1.41. The largest absolute Gasteiger partial charge is 0.312 e. The van der Waals surface area contributed by atoms with E-state index < -0.39 is 0 Å². The third-order valence-electron chi connectivity index (χ3n) is 4.20. The number of hydrogen-bond donors (Lipinski definition) is 1. The molecule has 80 valence electrons. The first kappa shape index (κ1) is 9.17. The molecule has 1 saturated heterocycles. The molecule has 0 bridgehead atoms. The SMILES string of the molecule is CC1(CNC2CCN(C3CC3)C2)CC1. The normalized spacial score (nSPS) is 36.2. The van der Waals surface area contributed by atoms with Crippen LogP contribution in [0, 0.1) is 5.41 Å². The minimum absolute atomic E-state index is 0.674. The second kappa shape index (κ2) is 3.21. The molecule has 0 amide bonds. The van der Waals surface area contributed by atoms with Gasteiger partial charge >= 0.3 is 0 Å². The van der Waals surface area contributed by atoms with Gasteiger partial charge in [-0.15, -0.1) is 0 Å². The highest BCUT2D eigenvalue weighted by Gasteiger charge is 2.39. The van der Waals surface area contributed by atoms with Gasteiger partial charge in [-0.1, -0.05) is 6.92 Å². The van der Waals surface area contributed by atoms with Crippen molar-refractivity contribution in [1.82, 2.24) is 10.2 Å². The van der Waals surface area contributed by atoms with Gasteiger partial charge in [0.2, 0.25) is 0 Å². The number of hydrogen-bond acceptors (Lipinski definition) is 2. The van der Waals surface area contributed by atoms with E-state index in [9.17, 15) is 0 Å². The molecule has 0 spiro atoms. The van der Waals surface area contributed by atoms with Gasteiger partial charge in [0.15, 0.2) is 0 Å². The van der Waals surface area contributed by atoms with Gasteiger partial charge in [-0.05, 0) is 37.5 Å². The molecule has 0 radical (unpaired) electrons. The van der Waals surface area contributed by atoms with Crippen LogP contribution in [0.4, 0.5) is 0 Å². The summed E-state index contributed by atoms with van der Waals surface area (Å²) in [5, 5.41) is 3.76. The fourth-order valence-corrected chi connectivity index (χ4v) is 2.51. The van der Waals surface area contributed by atoms with Crippen LogP contribution in [0.2, 0.25) is 0 Å². The lowest BCUT2D eigenvalue weighted by Crippen LogP contribution is -2.36. The molecule has 1 unspecified atom stereocenters. The highest BCUT2D eigenvalue weighted by molar-refractivity contribution is 4.95. The molecule has 0 aromatic rings. The lowest BCUT2D eigenvalue weighted by Gasteiger charge is -2.17. The third kappa shape index (κ3) is 1.96. The van der Waals surface area contributed by atoms with Gasteiger partial charge in [-0.3, -0.25) is 4.90 Å². The molecule has 3 fully saturated rings. The van der Waals surface area contributed by atoms with Crippen molar-refractivity contribution in [2.45, 2.75) is 51.1 Å². The first-order chi connectivity index (χ1) is 6.75. The molecule has 2 saturated carbocycles. The van der Waals surface area contributed by atoms with Gasteiger partial charge in [0.25, 0.3) is 0 Å². The van der Waals surface area contributed by atoms with Crippen LogP contribution in [0.5, 0.6) is 0 Å². The molecule has 2 nitrogen and oxygen atoms in total. The smallest absolute Gasteiger partial charge is 0.0207 e. The second-order valence-corrected chi connectivity index (χ2v) is 5.90. The summed E-state index contributed by atoms with van der Waals surface area (Å²) < 4.78 is 0. The lowest BCUT2D eigenvalue weighted by molar-refractivity contribution is 0.314. The molecule has 0 aromatic carbocycles. The van der Waals surface area contributed by atoms with Crippen LogP contribution < -0.4 is 5.32 Å². The minimum atomic E-state index is 0.674. The van der Waals surface area contributed by atoms with Crippen molar-refractivity contribution in [2.24, 2.45) is 5.41 Å². The van der Waals surface area contributed by atoms with Crippen molar-refractivity contribution >= 4 is 0 Å². The van der Waals surface area contributed by atoms with E-state index in [0.29, 0.717) is 5.41 Å². The van der Waals surface area contributed by atoms with Crippen molar-refractivity contribution < 1.29 is 0 Å².